The van der Waals surface area contributed by atoms with Gasteiger partial charge in [0.2, 0.25) is 0 Å². The number of rotatable bonds is 2. The summed E-state index contributed by atoms with van der Waals surface area (Å²) in [7, 11) is 0. The molecule has 0 bridgehead atoms. The summed E-state index contributed by atoms with van der Waals surface area (Å²) < 4.78 is 0. The minimum absolute atomic E-state index is 0.00482. The number of carbonyl (C=O) groups is 1. The second kappa shape index (κ2) is 4.62. The second-order valence-electron chi connectivity index (χ2n) is 4.34. The Morgan fingerprint density at radius 1 is 1.31 bits per heavy atom. The zero-order valence-electron chi connectivity index (χ0n) is 9.81. The van der Waals surface area contributed by atoms with E-state index in [2.05, 4.69) is 17.0 Å². The summed E-state index contributed by atoms with van der Waals surface area (Å²) >= 11 is 0. The SMILES string of the molecule is CC1=CCN(Cc2ccccc2)C(C)C1=O. The molecule has 1 atom stereocenters. The van der Waals surface area contributed by atoms with Crippen LogP contribution in [-0.2, 0) is 11.3 Å². The van der Waals surface area contributed by atoms with E-state index in [1.807, 2.05) is 38.1 Å². The van der Waals surface area contributed by atoms with Crippen LogP contribution in [0.15, 0.2) is 42.0 Å². The molecule has 1 aliphatic rings. The number of Topliss-reactive ketones (excluding diaryl/α,β-unsaturated/α-hetero) is 1. The third kappa shape index (κ3) is 2.22. The first-order valence-electron chi connectivity index (χ1n) is 5.67. The summed E-state index contributed by atoms with van der Waals surface area (Å²) in [6.45, 7) is 5.60. The van der Waals surface area contributed by atoms with Gasteiger partial charge in [-0.25, -0.2) is 0 Å². The number of hydrogen-bond donors (Lipinski definition) is 0. The Morgan fingerprint density at radius 2 is 2.00 bits per heavy atom. The molecular formula is C14H17NO. The molecule has 1 aromatic carbocycles. The first-order chi connectivity index (χ1) is 7.68. The van der Waals surface area contributed by atoms with Crippen molar-refractivity contribution in [2.75, 3.05) is 6.54 Å². The summed E-state index contributed by atoms with van der Waals surface area (Å²) in [5, 5.41) is 0. The lowest BCUT2D eigenvalue weighted by molar-refractivity contribution is -0.120. The average molecular weight is 215 g/mol. The molecule has 2 rings (SSSR count). The molecule has 84 valence electrons. The predicted octanol–water partition coefficient (Wildman–Crippen LogP) is 2.41. The van der Waals surface area contributed by atoms with E-state index in [1.54, 1.807) is 0 Å². The van der Waals surface area contributed by atoms with Gasteiger partial charge in [-0.2, -0.15) is 0 Å². The quantitative estimate of drug-likeness (QED) is 0.755. The molecule has 0 aromatic heterocycles. The minimum atomic E-state index is 0.00482. The summed E-state index contributed by atoms with van der Waals surface area (Å²) in [4.78, 5) is 14.0. The Morgan fingerprint density at radius 3 is 2.69 bits per heavy atom. The lowest BCUT2D eigenvalue weighted by atomic mass is 10.0. The van der Waals surface area contributed by atoms with Gasteiger partial charge in [0.15, 0.2) is 5.78 Å². The van der Waals surface area contributed by atoms with Gasteiger partial charge in [-0.15, -0.1) is 0 Å². The van der Waals surface area contributed by atoms with Crippen molar-refractivity contribution in [1.29, 1.82) is 0 Å². The van der Waals surface area contributed by atoms with Crippen molar-refractivity contribution >= 4 is 5.78 Å². The van der Waals surface area contributed by atoms with Crippen LogP contribution in [0.5, 0.6) is 0 Å². The Balaban J connectivity index is 2.10. The second-order valence-corrected chi connectivity index (χ2v) is 4.34. The first kappa shape index (κ1) is 11.1. The molecule has 1 aromatic rings. The summed E-state index contributed by atoms with van der Waals surface area (Å²) in [5.41, 5.74) is 2.16. The summed E-state index contributed by atoms with van der Waals surface area (Å²) in [5.74, 6) is 0.252. The molecule has 0 radical (unpaired) electrons. The highest BCUT2D eigenvalue weighted by Crippen LogP contribution is 2.16. The van der Waals surface area contributed by atoms with Gasteiger partial charge in [-0.1, -0.05) is 36.4 Å². The number of ketones is 1. The van der Waals surface area contributed by atoms with Crippen LogP contribution < -0.4 is 0 Å². The van der Waals surface area contributed by atoms with E-state index in [0.29, 0.717) is 0 Å². The molecule has 0 spiro atoms. The van der Waals surface area contributed by atoms with Crippen molar-refractivity contribution < 1.29 is 4.79 Å². The molecule has 16 heavy (non-hydrogen) atoms. The lowest BCUT2D eigenvalue weighted by Gasteiger charge is -2.30. The fraction of sp³-hybridized carbons (Fsp3) is 0.357. The molecule has 2 heteroatoms. The standard InChI is InChI=1S/C14H17NO/c1-11-8-9-15(12(2)14(11)16)10-13-6-4-3-5-7-13/h3-8,12H,9-10H2,1-2H3. The Labute approximate surface area is 96.6 Å². The van der Waals surface area contributed by atoms with Gasteiger partial charge >= 0.3 is 0 Å². The summed E-state index contributed by atoms with van der Waals surface area (Å²) in [6, 6.07) is 10.3. The molecule has 0 amide bonds. The van der Waals surface area contributed by atoms with E-state index in [1.165, 1.54) is 5.56 Å². The molecule has 1 heterocycles. The Hall–Kier alpha value is -1.41. The maximum absolute atomic E-state index is 11.8. The molecule has 2 nitrogen and oxygen atoms in total. The van der Waals surface area contributed by atoms with E-state index in [9.17, 15) is 4.79 Å². The van der Waals surface area contributed by atoms with Gasteiger partial charge in [0.1, 0.15) is 0 Å². The van der Waals surface area contributed by atoms with Gasteiger partial charge in [0, 0.05) is 13.1 Å². The van der Waals surface area contributed by atoms with Crippen molar-refractivity contribution in [3.63, 3.8) is 0 Å². The molecular weight excluding hydrogens is 198 g/mol. The van der Waals surface area contributed by atoms with E-state index < -0.39 is 0 Å². The van der Waals surface area contributed by atoms with Crippen LogP contribution in [0.3, 0.4) is 0 Å². The highest BCUT2D eigenvalue weighted by molar-refractivity contribution is 5.99. The van der Waals surface area contributed by atoms with Crippen molar-refractivity contribution in [1.82, 2.24) is 4.90 Å². The van der Waals surface area contributed by atoms with Crippen LogP contribution in [0, 0.1) is 0 Å². The van der Waals surface area contributed by atoms with Gasteiger partial charge in [-0.3, -0.25) is 9.69 Å². The maximum Gasteiger partial charge on any atom is 0.175 e. The number of nitrogens with zero attached hydrogens (tertiary/aromatic N) is 1. The van der Waals surface area contributed by atoms with Crippen molar-refractivity contribution in [2.45, 2.75) is 26.4 Å². The predicted molar refractivity (Wildman–Crippen MR) is 65.1 cm³/mol. The Bertz CT molecular complexity index is 408. The van der Waals surface area contributed by atoms with Crippen LogP contribution in [0.1, 0.15) is 19.4 Å². The molecule has 0 saturated heterocycles. The molecule has 0 saturated carbocycles. The van der Waals surface area contributed by atoms with Crippen LogP contribution in [0.4, 0.5) is 0 Å². The maximum atomic E-state index is 11.8. The largest absolute Gasteiger partial charge is 0.293 e. The number of carbonyl (C=O) groups excluding carboxylic acids is 1. The lowest BCUT2D eigenvalue weighted by Crippen LogP contribution is -2.42. The van der Waals surface area contributed by atoms with E-state index in [4.69, 9.17) is 0 Å². The monoisotopic (exact) mass is 215 g/mol. The van der Waals surface area contributed by atoms with E-state index >= 15 is 0 Å². The summed E-state index contributed by atoms with van der Waals surface area (Å²) in [6.07, 6.45) is 2.02. The normalized spacial score (nSPS) is 22.0. The van der Waals surface area contributed by atoms with Gasteiger partial charge in [0.05, 0.1) is 6.04 Å². The van der Waals surface area contributed by atoms with Crippen LogP contribution in [0.25, 0.3) is 0 Å². The fourth-order valence-corrected chi connectivity index (χ4v) is 2.03. The molecule has 0 N–H and O–H groups in total. The molecule has 0 aliphatic carbocycles. The van der Waals surface area contributed by atoms with Gasteiger partial charge in [-0.05, 0) is 25.0 Å². The third-order valence-corrected chi connectivity index (χ3v) is 3.18. The van der Waals surface area contributed by atoms with E-state index in [0.717, 1.165) is 18.7 Å². The highest BCUT2D eigenvalue weighted by atomic mass is 16.1. The topological polar surface area (TPSA) is 20.3 Å². The van der Waals surface area contributed by atoms with Crippen LogP contribution >= 0.6 is 0 Å². The van der Waals surface area contributed by atoms with Crippen LogP contribution in [-0.4, -0.2) is 23.3 Å². The van der Waals surface area contributed by atoms with Crippen molar-refractivity contribution in [2.24, 2.45) is 0 Å². The van der Waals surface area contributed by atoms with Gasteiger partial charge < -0.3 is 0 Å². The van der Waals surface area contributed by atoms with Crippen molar-refractivity contribution in [3.05, 3.63) is 47.5 Å². The third-order valence-electron chi connectivity index (χ3n) is 3.18. The van der Waals surface area contributed by atoms with Crippen LogP contribution in [0.2, 0.25) is 0 Å². The number of hydrogen-bond acceptors (Lipinski definition) is 2. The molecule has 0 fully saturated rings. The van der Waals surface area contributed by atoms with E-state index in [-0.39, 0.29) is 11.8 Å². The zero-order chi connectivity index (χ0) is 11.5. The van der Waals surface area contributed by atoms with Gasteiger partial charge in [0.25, 0.3) is 0 Å². The first-order valence-corrected chi connectivity index (χ1v) is 5.67. The average Bonchev–Trinajstić information content (AvgIpc) is 2.31. The fourth-order valence-electron chi connectivity index (χ4n) is 2.03. The van der Waals surface area contributed by atoms with Crippen molar-refractivity contribution in [3.8, 4) is 0 Å². The highest BCUT2D eigenvalue weighted by Gasteiger charge is 2.25. The molecule has 1 aliphatic heterocycles. The smallest absolute Gasteiger partial charge is 0.175 e. The number of benzene rings is 1. The minimum Gasteiger partial charge on any atom is -0.293 e. The zero-order valence-corrected chi connectivity index (χ0v) is 9.81. The Kier molecular flexibility index (Phi) is 3.20. The molecule has 1 unspecified atom stereocenters.